The fourth-order valence-corrected chi connectivity index (χ4v) is 5.35. The van der Waals surface area contributed by atoms with Gasteiger partial charge in [-0.1, -0.05) is 51.1 Å². The largest absolute Gasteiger partial charge is 0.373 e. The van der Waals surface area contributed by atoms with Crippen molar-refractivity contribution >= 4 is 17.3 Å². The number of rotatable bonds is 5. The lowest BCUT2D eigenvalue weighted by atomic mass is 9.93. The van der Waals surface area contributed by atoms with Crippen molar-refractivity contribution in [2.24, 2.45) is 4.99 Å². The molecular weight excluding hydrogens is 406 g/mol. The lowest BCUT2D eigenvalue weighted by Crippen LogP contribution is -2.50. The first kappa shape index (κ1) is 22.2. The van der Waals surface area contributed by atoms with Gasteiger partial charge < -0.3 is 15.0 Å². The van der Waals surface area contributed by atoms with E-state index in [1.54, 1.807) is 11.3 Å². The molecule has 2 aliphatic rings. The van der Waals surface area contributed by atoms with Crippen LogP contribution in [0.25, 0.3) is 0 Å². The zero-order valence-electron chi connectivity index (χ0n) is 19.2. The smallest absolute Gasteiger partial charge is 0.193 e. The van der Waals surface area contributed by atoms with Gasteiger partial charge in [-0.15, -0.1) is 11.3 Å². The molecule has 31 heavy (non-hydrogen) atoms. The molecule has 1 N–H and O–H groups in total. The van der Waals surface area contributed by atoms with E-state index in [-0.39, 0.29) is 11.5 Å². The molecule has 3 heterocycles. The molecule has 0 bridgehead atoms. The summed E-state index contributed by atoms with van der Waals surface area (Å²) in [6.07, 6.45) is 1.15. The van der Waals surface area contributed by atoms with Crippen molar-refractivity contribution in [3.63, 3.8) is 0 Å². The molecule has 6 nitrogen and oxygen atoms in total. The minimum atomic E-state index is 0.107. The second kappa shape index (κ2) is 9.67. The summed E-state index contributed by atoms with van der Waals surface area (Å²) in [5, 5.41) is 6.92. The van der Waals surface area contributed by atoms with Gasteiger partial charge in [-0.05, 0) is 5.56 Å². The molecule has 2 atom stereocenters. The van der Waals surface area contributed by atoms with Gasteiger partial charge in [0, 0.05) is 57.0 Å². The van der Waals surface area contributed by atoms with Gasteiger partial charge in [-0.3, -0.25) is 9.89 Å². The van der Waals surface area contributed by atoms with Crippen LogP contribution in [0, 0.1) is 0 Å². The molecular formula is C24H35N5OS. The number of aliphatic imine (C=N–C) groups is 1. The molecule has 0 spiro atoms. The number of likely N-dealkylation sites (tertiary alicyclic amines) is 1. The van der Waals surface area contributed by atoms with Crippen molar-refractivity contribution < 1.29 is 4.74 Å². The number of hydrogen-bond donors (Lipinski definition) is 1. The molecule has 0 amide bonds. The second-order valence-electron chi connectivity index (χ2n) is 9.44. The number of nitrogens with one attached hydrogen (secondary N) is 1. The Morgan fingerprint density at radius 1 is 1.26 bits per heavy atom. The van der Waals surface area contributed by atoms with Crippen LogP contribution in [0.3, 0.4) is 0 Å². The normalized spacial score (nSPS) is 22.6. The van der Waals surface area contributed by atoms with Crippen molar-refractivity contribution in [3.05, 3.63) is 52.0 Å². The summed E-state index contributed by atoms with van der Waals surface area (Å²) in [5.41, 5.74) is 2.65. The molecule has 7 heteroatoms. The lowest BCUT2D eigenvalue weighted by Gasteiger charge is -2.36. The summed E-state index contributed by atoms with van der Waals surface area (Å²) < 4.78 is 6.13. The minimum Gasteiger partial charge on any atom is -0.373 e. The molecule has 2 unspecified atom stereocenters. The number of benzene rings is 1. The third-order valence-electron chi connectivity index (χ3n) is 6.10. The molecule has 1 aromatic carbocycles. The quantitative estimate of drug-likeness (QED) is 0.571. The fraction of sp³-hybridized carbons (Fsp3) is 0.583. The Morgan fingerprint density at radius 3 is 2.77 bits per heavy atom. The van der Waals surface area contributed by atoms with Crippen LogP contribution in [-0.4, -0.2) is 72.7 Å². The molecule has 0 aliphatic carbocycles. The predicted octanol–water partition coefficient (Wildman–Crippen LogP) is 3.14. The number of aromatic nitrogens is 1. The zero-order valence-corrected chi connectivity index (χ0v) is 20.0. The average molecular weight is 442 g/mol. The van der Waals surface area contributed by atoms with E-state index in [4.69, 9.17) is 9.72 Å². The van der Waals surface area contributed by atoms with Crippen molar-refractivity contribution in [3.8, 4) is 0 Å². The molecule has 1 aromatic heterocycles. The maximum absolute atomic E-state index is 6.13. The monoisotopic (exact) mass is 441 g/mol. The van der Waals surface area contributed by atoms with Gasteiger partial charge in [-0.2, -0.15) is 0 Å². The van der Waals surface area contributed by atoms with Gasteiger partial charge in [-0.25, -0.2) is 4.98 Å². The van der Waals surface area contributed by atoms with E-state index >= 15 is 0 Å². The third-order valence-corrected chi connectivity index (χ3v) is 7.01. The molecule has 168 valence electrons. The van der Waals surface area contributed by atoms with Crippen LogP contribution in [-0.2, 0) is 23.1 Å². The maximum Gasteiger partial charge on any atom is 0.193 e. The number of nitrogens with zero attached hydrogens (tertiary/aromatic N) is 4. The van der Waals surface area contributed by atoms with E-state index in [1.165, 1.54) is 16.3 Å². The summed E-state index contributed by atoms with van der Waals surface area (Å²) in [6, 6.07) is 11.1. The Kier molecular flexibility index (Phi) is 6.94. The first-order valence-corrected chi connectivity index (χ1v) is 12.1. The van der Waals surface area contributed by atoms with Crippen LogP contribution in [0.15, 0.2) is 40.7 Å². The summed E-state index contributed by atoms with van der Waals surface area (Å²) in [5.74, 6) is 0.963. The Morgan fingerprint density at radius 2 is 2.06 bits per heavy atom. The van der Waals surface area contributed by atoms with E-state index in [9.17, 15) is 0 Å². The van der Waals surface area contributed by atoms with E-state index in [2.05, 4.69) is 76.6 Å². The van der Waals surface area contributed by atoms with Gasteiger partial charge >= 0.3 is 0 Å². The molecule has 2 aromatic rings. The first-order valence-electron chi connectivity index (χ1n) is 11.2. The van der Waals surface area contributed by atoms with Gasteiger partial charge in [0.05, 0.1) is 29.5 Å². The summed E-state index contributed by atoms with van der Waals surface area (Å²) in [6.45, 7) is 12.1. The Bertz CT molecular complexity index is 876. The minimum absolute atomic E-state index is 0.107. The number of ether oxygens (including phenoxy) is 1. The van der Waals surface area contributed by atoms with Crippen LogP contribution in [0.4, 0.5) is 0 Å². The van der Waals surface area contributed by atoms with Crippen LogP contribution in [0.2, 0.25) is 0 Å². The van der Waals surface area contributed by atoms with Crippen molar-refractivity contribution in [2.75, 3.05) is 39.8 Å². The summed E-state index contributed by atoms with van der Waals surface area (Å²) >= 11 is 1.75. The Balaban J connectivity index is 1.32. The van der Waals surface area contributed by atoms with Gasteiger partial charge in [0.1, 0.15) is 0 Å². The molecule has 4 rings (SSSR count). The highest BCUT2D eigenvalue weighted by molar-refractivity contribution is 7.09. The van der Waals surface area contributed by atoms with E-state index in [0.717, 1.165) is 51.7 Å². The second-order valence-corrected chi connectivity index (χ2v) is 10.4. The zero-order chi connectivity index (χ0) is 21.8. The molecule has 2 aliphatic heterocycles. The first-order chi connectivity index (χ1) is 14.9. The van der Waals surface area contributed by atoms with Crippen molar-refractivity contribution in [1.82, 2.24) is 20.1 Å². The Labute approximate surface area is 190 Å². The summed E-state index contributed by atoms with van der Waals surface area (Å²) in [7, 11) is 1.87. The van der Waals surface area contributed by atoms with Gasteiger partial charge in [0.2, 0.25) is 0 Å². The van der Waals surface area contributed by atoms with Crippen LogP contribution in [0.5, 0.6) is 0 Å². The van der Waals surface area contributed by atoms with Crippen LogP contribution < -0.4 is 5.32 Å². The van der Waals surface area contributed by atoms with E-state index < -0.39 is 0 Å². The van der Waals surface area contributed by atoms with Gasteiger partial charge in [0.25, 0.3) is 0 Å². The molecule has 0 radical (unpaired) electrons. The van der Waals surface area contributed by atoms with E-state index in [1.807, 2.05) is 7.05 Å². The Hall–Kier alpha value is -1.96. The van der Waals surface area contributed by atoms with Crippen LogP contribution in [0.1, 0.15) is 37.0 Å². The third kappa shape index (κ3) is 5.45. The highest BCUT2D eigenvalue weighted by Gasteiger charge is 2.41. The predicted molar refractivity (Wildman–Crippen MR) is 128 cm³/mol. The number of fused-ring (bicyclic) bond motifs is 1. The SMILES string of the molecule is CN=C(NCCc1nc(C(C)(C)C)cs1)N1CC2OCCN(Cc3ccccc3)C2C1. The molecule has 0 saturated carbocycles. The summed E-state index contributed by atoms with van der Waals surface area (Å²) in [4.78, 5) is 14.3. The van der Waals surface area contributed by atoms with Crippen molar-refractivity contribution in [2.45, 2.75) is 51.3 Å². The fourth-order valence-electron chi connectivity index (χ4n) is 4.33. The van der Waals surface area contributed by atoms with E-state index in [0.29, 0.717) is 6.04 Å². The molecule has 2 saturated heterocycles. The lowest BCUT2D eigenvalue weighted by molar-refractivity contribution is -0.0502. The molecule has 2 fully saturated rings. The maximum atomic E-state index is 6.13. The standard InChI is InChI=1S/C24H35N5OS/c1-24(2,3)21-17-31-22(27-21)10-11-26-23(25-4)29-15-19-20(16-29)30-13-12-28(19)14-18-8-6-5-7-9-18/h5-9,17,19-20H,10-16H2,1-4H3,(H,25,26). The van der Waals surface area contributed by atoms with Crippen molar-refractivity contribution in [1.29, 1.82) is 0 Å². The number of thiazole rings is 1. The number of guanidine groups is 1. The average Bonchev–Trinajstić information content (AvgIpc) is 3.40. The van der Waals surface area contributed by atoms with Gasteiger partial charge in [0.15, 0.2) is 5.96 Å². The number of hydrogen-bond acceptors (Lipinski definition) is 5. The van der Waals surface area contributed by atoms with Crippen LogP contribution >= 0.6 is 11.3 Å². The highest BCUT2D eigenvalue weighted by atomic mass is 32.1. The highest BCUT2D eigenvalue weighted by Crippen LogP contribution is 2.25. The topological polar surface area (TPSA) is 53.0 Å². The number of morpholine rings is 1.